The molecule has 0 aromatic carbocycles. The average Bonchev–Trinajstić information content (AvgIpc) is 3.40. The molecule has 3 aliphatic heterocycles. The second kappa shape index (κ2) is 5.68. The molecule has 1 atom stereocenters. The van der Waals surface area contributed by atoms with E-state index in [4.69, 9.17) is 9.73 Å². The predicted molar refractivity (Wildman–Crippen MR) is 104 cm³/mol. The molecule has 0 amide bonds. The number of aliphatic imine (C=N–C) groups is 2. The molecule has 5 heteroatoms. The van der Waals surface area contributed by atoms with Crippen LogP contribution in [0.2, 0.25) is 0 Å². The standard InChI is InChI=1S/C21H18N4O/c1-26-21-9-8-19(25-21)12-18-5-4-15(23-18)10-14-2-3-16(22-14)11-17-6-7-20(13-21)24-17/h2-12,22,24H,13H2,1H3. The van der Waals surface area contributed by atoms with Gasteiger partial charge in [0.1, 0.15) is 0 Å². The van der Waals surface area contributed by atoms with Crippen LogP contribution in [0.1, 0.15) is 11.4 Å². The third-order valence-electron chi connectivity index (χ3n) is 4.72. The summed E-state index contributed by atoms with van der Waals surface area (Å²) >= 11 is 0. The Bertz CT molecular complexity index is 1150. The number of hydrogen-bond acceptors (Lipinski definition) is 3. The highest BCUT2D eigenvalue weighted by atomic mass is 16.5. The van der Waals surface area contributed by atoms with Crippen LogP contribution in [0.4, 0.5) is 0 Å². The largest absolute Gasteiger partial charge is 0.359 e. The van der Waals surface area contributed by atoms with Crippen LogP contribution in [-0.2, 0) is 11.2 Å². The minimum absolute atomic E-state index is 0.647. The molecule has 2 aromatic rings. The van der Waals surface area contributed by atoms with Crippen molar-refractivity contribution in [1.82, 2.24) is 9.97 Å². The summed E-state index contributed by atoms with van der Waals surface area (Å²) in [5.41, 5.74) is 4.11. The fourth-order valence-corrected chi connectivity index (χ4v) is 3.42. The van der Waals surface area contributed by atoms with E-state index in [1.165, 1.54) is 0 Å². The minimum Gasteiger partial charge on any atom is -0.359 e. The van der Waals surface area contributed by atoms with E-state index in [0.717, 1.165) is 39.2 Å². The van der Waals surface area contributed by atoms with E-state index in [0.29, 0.717) is 6.42 Å². The van der Waals surface area contributed by atoms with Crippen molar-refractivity contribution in [2.24, 2.45) is 9.98 Å². The van der Waals surface area contributed by atoms with Gasteiger partial charge in [0.05, 0.1) is 17.1 Å². The van der Waals surface area contributed by atoms with Gasteiger partial charge in [-0.3, -0.25) is 0 Å². The molecule has 128 valence electrons. The fraction of sp³-hybridized carbons (Fsp3) is 0.143. The second-order valence-corrected chi connectivity index (χ2v) is 6.63. The van der Waals surface area contributed by atoms with Gasteiger partial charge in [-0.25, -0.2) is 9.98 Å². The molecule has 8 bridgehead atoms. The number of allylic oxidation sites excluding steroid dienone is 4. The second-order valence-electron chi connectivity index (χ2n) is 6.63. The van der Waals surface area contributed by atoms with Crippen molar-refractivity contribution in [3.8, 4) is 0 Å². The van der Waals surface area contributed by atoms with Gasteiger partial charge in [0.2, 0.25) is 0 Å². The highest BCUT2D eigenvalue weighted by Crippen LogP contribution is 2.26. The zero-order valence-corrected chi connectivity index (χ0v) is 14.4. The van der Waals surface area contributed by atoms with Crippen molar-refractivity contribution < 1.29 is 4.74 Å². The van der Waals surface area contributed by atoms with Crippen molar-refractivity contribution in [2.45, 2.75) is 12.1 Å². The van der Waals surface area contributed by atoms with E-state index in [9.17, 15) is 0 Å². The van der Waals surface area contributed by atoms with Crippen molar-refractivity contribution in [1.29, 1.82) is 0 Å². The van der Waals surface area contributed by atoms with Crippen LogP contribution in [0, 0.1) is 0 Å². The first-order valence-corrected chi connectivity index (χ1v) is 8.59. The van der Waals surface area contributed by atoms with Crippen molar-refractivity contribution in [3.63, 3.8) is 0 Å². The third-order valence-corrected chi connectivity index (χ3v) is 4.72. The van der Waals surface area contributed by atoms with E-state index >= 15 is 0 Å². The Kier molecular flexibility index (Phi) is 3.30. The zero-order chi connectivity index (χ0) is 17.6. The van der Waals surface area contributed by atoms with Crippen LogP contribution >= 0.6 is 0 Å². The van der Waals surface area contributed by atoms with Gasteiger partial charge < -0.3 is 14.7 Å². The molecule has 0 saturated carbocycles. The van der Waals surface area contributed by atoms with E-state index in [-0.39, 0.29) is 0 Å². The van der Waals surface area contributed by atoms with Crippen LogP contribution in [0.3, 0.4) is 0 Å². The van der Waals surface area contributed by atoms with Gasteiger partial charge >= 0.3 is 0 Å². The van der Waals surface area contributed by atoms with Crippen LogP contribution in [-0.4, -0.2) is 34.2 Å². The number of aromatic amines is 2. The van der Waals surface area contributed by atoms with E-state index in [1.54, 1.807) is 7.11 Å². The molecule has 1 unspecified atom stereocenters. The summed E-state index contributed by atoms with van der Waals surface area (Å²) in [6.07, 6.45) is 14.8. The molecule has 5 rings (SSSR count). The Hall–Kier alpha value is -3.18. The maximum atomic E-state index is 5.74. The van der Waals surface area contributed by atoms with Gasteiger partial charge in [-0.1, -0.05) is 0 Å². The molecule has 5 heterocycles. The highest BCUT2D eigenvalue weighted by Gasteiger charge is 2.30. The normalized spacial score (nSPS) is 23.2. The molecule has 0 aliphatic carbocycles. The first-order chi connectivity index (χ1) is 12.7. The molecule has 0 radical (unpaired) electrons. The molecule has 0 fully saturated rings. The molecular weight excluding hydrogens is 324 g/mol. The van der Waals surface area contributed by atoms with Gasteiger partial charge in [-0.15, -0.1) is 0 Å². The first-order valence-electron chi connectivity index (χ1n) is 8.59. The summed E-state index contributed by atoms with van der Waals surface area (Å²) in [6, 6.07) is 8.27. The zero-order valence-electron chi connectivity index (χ0n) is 14.4. The third kappa shape index (κ3) is 2.72. The Morgan fingerprint density at radius 2 is 1.81 bits per heavy atom. The maximum Gasteiger partial charge on any atom is 0.184 e. The van der Waals surface area contributed by atoms with Gasteiger partial charge in [-0.2, -0.15) is 0 Å². The lowest BCUT2D eigenvalue weighted by atomic mass is 10.1. The smallest absolute Gasteiger partial charge is 0.184 e. The summed E-state index contributed by atoms with van der Waals surface area (Å²) in [4.78, 5) is 16.3. The van der Waals surface area contributed by atoms with Crippen LogP contribution in [0.5, 0.6) is 0 Å². The summed E-state index contributed by atoms with van der Waals surface area (Å²) in [7, 11) is 1.69. The van der Waals surface area contributed by atoms with Crippen molar-refractivity contribution in [3.05, 3.63) is 82.4 Å². The van der Waals surface area contributed by atoms with Gasteiger partial charge in [0.15, 0.2) is 5.72 Å². The fourth-order valence-electron chi connectivity index (χ4n) is 3.42. The quantitative estimate of drug-likeness (QED) is 0.815. The number of fused-ring (bicyclic) bond motifs is 6. The molecule has 5 nitrogen and oxygen atoms in total. The number of H-pyrrole nitrogens is 2. The number of hydrogen-bond donors (Lipinski definition) is 2. The highest BCUT2D eigenvalue weighted by molar-refractivity contribution is 6.19. The predicted octanol–water partition coefficient (Wildman–Crippen LogP) is 1.76. The SMILES string of the molecule is COC12C=CC(=N1)C=C1C=CC(=N1)C=c1ccc([nH]1)=Cc1ccc([nH]1)C2. The van der Waals surface area contributed by atoms with Crippen LogP contribution in [0.25, 0.3) is 12.2 Å². The van der Waals surface area contributed by atoms with E-state index in [1.807, 2.05) is 36.5 Å². The number of ether oxygens (including phenoxy) is 1. The van der Waals surface area contributed by atoms with Gasteiger partial charge in [0, 0.05) is 35.6 Å². The van der Waals surface area contributed by atoms with Crippen molar-refractivity contribution >= 4 is 23.6 Å². The van der Waals surface area contributed by atoms with Crippen LogP contribution in [0.15, 0.2) is 70.3 Å². The Morgan fingerprint density at radius 3 is 2.69 bits per heavy atom. The molecule has 0 spiro atoms. The minimum atomic E-state index is -0.674. The van der Waals surface area contributed by atoms with E-state index < -0.39 is 5.72 Å². The molecular formula is C21H18N4O. The summed E-state index contributed by atoms with van der Waals surface area (Å²) < 4.78 is 5.74. The first kappa shape index (κ1) is 15.1. The Labute approximate surface area is 150 Å². The molecule has 0 saturated heterocycles. The number of rotatable bonds is 1. The summed E-state index contributed by atoms with van der Waals surface area (Å²) in [6.45, 7) is 0. The number of methoxy groups -OCH3 is 1. The monoisotopic (exact) mass is 342 g/mol. The Balaban J connectivity index is 1.68. The topological polar surface area (TPSA) is 65.5 Å². The lowest BCUT2D eigenvalue weighted by molar-refractivity contribution is 0.0423. The Morgan fingerprint density at radius 1 is 0.923 bits per heavy atom. The van der Waals surface area contributed by atoms with Gasteiger partial charge in [-0.05, 0) is 66.8 Å². The molecule has 26 heavy (non-hydrogen) atoms. The lowest BCUT2D eigenvalue weighted by Gasteiger charge is -2.21. The van der Waals surface area contributed by atoms with E-state index in [2.05, 4.69) is 45.3 Å². The molecule has 2 N–H and O–H groups in total. The summed E-state index contributed by atoms with van der Waals surface area (Å²) in [5, 5.41) is 2.06. The van der Waals surface area contributed by atoms with Crippen molar-refractivity contribution in [2.75, 3.05) is 7.11 Å². The number of nitrogens with zero attached hydrogens (tertiary/aromatic N) is 2. The number of aromatic nitrogens is 2. The average molecular weight is 342 g/mol. The van der Waals surface area contributed by atoms with Gasteiger partial charge in [0.25, 0.3) is 0 Å². The summed E-state index contributed by atoms with van der Waals surface area (Å²) in [5.74, 6) is 0. The number of nitrogens with one attached hydrogen (secondary N) is 2. The molecule has 2 aromatic heterocycles. The lowest BCUT2D eigenvalue weighted by Crippen LogP contribution is -2.28. The molecule has 3 aliphatic rings. The van der Waals surface area contributed by atoms with Crippen LogP contribution < -0.4 is 10.7 Å². The maximum absolute atomic E-state index is 5.74.